The predicted octanol–water partition coefficient (Wildman–Crippen LogP) is 4.11. The topological polar surface area (TPSA) is 46.5 Å². The molecule has 0 radical (unpaired) electrons. The van der Waals surface area contributed by atoms with E-state index in [2.05, 4.69) is 19.5 Å². The van der Waals surface area contributed by atoms with Crippen LogP contribution in [-0.4, -0.2) is 34.8 Å². The molecule has 1 aliphatic rings. The third-order valence-corrected chi connectivity index (χ3v) is 5.27. The second-order valence-corrected chi connectivity index (χ2v) is 7.34. The van der Waals surface area contributed by atoms with Gasteiger partial charge in [-0.25, -0.2) is 0 Å². The molecule has 0 saturated carbocycles. The maximum Gasteiger partial charge on any atom is 0.573 e. The molecule has 2 heterocycles. The van der Waals surface area contributed by atoms with Gasteiger partial charge in [-0.15, -0.1) is 13.2 Å². The van der Waals surface area contributed by atoms with Crippen molar-refractivity contribution in [2.75, 3.05) is 13.1 Å². The summed E-state index contributed by atoms with van der Waals surface area (Å²) in [5, 5.41) is 2.73. The van der Waals surface area contributed by atoms with E-state index in [0.717, 1.165) is 17.8 Å². The lowest BCUT2D eigenvalue weighted by Crippen LogP contribution is -2.44. The smallest absolute Gasteiger partial charge is 0.405 e. The van der Waals surface area contributed by atoms with Crippen molar-refractivity contribution in [3.05, 3.63) is 89.7 Å². The van der Waals surface area contributed by atoms with Gasteiger partial charge in [0.15, 0.2) is 0 Å². The van der Waals surface area contributed by atoms with Crippen molar-refractivity contribution in [2.45, 2.75) is 25.5 Å². The predicted molar refractivity (Wildman–Crippen MR) is 109 cm³/mol. The van der Waals surface area contributed by atoms with Crippen LogP contribution in [0.2, 0.25) is 0 Å². The first-order valence-corrected chi connectivity index (χ1v) is 9.95. The van der Waals surface area contributed by atoms with E-state index in [1.54, 1.807) is 6.07 Å². The molecule has 0 saturated heterocycles. The third-order valence-electron chi connectivity index (χ3n) is 5.27. The molecule has 0 spiro atoms. The number of aromatic nitrogens is 1. The number of alkyl halides is 3. The summed E-state index contributed by atoms with van der Waals surface area (Å²) in [7, 11) is 0. The van der Waals surface area contributed by atoms with Gasteiger partial charge in [-0.05, 0) is 23.8 Å². The van der Waals surface area contributed by atoms with Gasteiger partial charge in [0.25, 0.3) is 0 Å². The molecule has 0 aliphatic carbocycles. The molecule has 1 atom stereocenters. The van der Waals surface area contributed by atoms with Gasteiger partial charge in [0, 0.05) is 37.1 Å². The molecule has 5 nitrogen and oxygen atoms in total. The van der Waals surface area contributed by atoms with E-state index in [9.17, 15) is 18.0 Å². The van der Waals surface area contributed by atoms with Crippen molar-refractivity contribution in [3.8, 4) is 5.75 Å². The normalized spacial score (nSPS) is 16.5. The SMILES string of the molecule is O=C(CN1CCn2cccc2C1c1ccccc1)NCc1ccccc1OC(F)(F)F. The number of nitrogens with one attached hydrogen (secondary N) is 1. The summed E-state index contributed by atoms with van der Waals surface area (Å²) < 4.78 is 44.1. The van der Waals surface area contributed by atoms with Gasteiger partial charge in [0.05, 0.1) is 12.6 Å². The first kappa shape index (κ1) is 21.0. The second-order valence-electron chi connectivity index (χ2n) is 7.34. The van der Waals surface area contributed by atoms with Crippen LogP contribution in [-0.2, 0) is 17.9 Å². The summed E-state index contributed by atoms with van der Waals surface area (Å²) in [4.78, 5) is 14.8. The monoisotopic (exact) mass is 429 g/mol. The number of hydrogen-bond acceptors (Lipinski definition) is 3. The number of amides is 1. The zero-order chi connectivity index (χ0) is 21.8. The third kappa shape index (κ3) is 5.08. The fourth-order valence-electron chi connectivity index (χ4n) is 3.93. The Morgan fingerprint density at radius 2 is 1.74 bits per heavy atom. The highest BCUT2D eigenvalue weighted by Gasteiger charge is 2.32. The average Bonchev–Trinajstić information content (AvgIpc) is 3.21. The average molecular weight is 429 g/mol. The Morgan fingerprint density at radius 3 is 2.52 bits per heavy atom. The Bertz CT molecular complexity index is 1030. The Morgan fingerprint density at radius 1 is 1.00 bits per heavy atom. The highest BCUT2D eigenvalue weighted by atomic mass is 19.4. The molecule has 1 unspecified atom stereocenters. The molecule has 162 valence electrons. The zero-order valence-corrected chi connectivity index (χ0v) is 16.7. The van der Waals surface area contributed by atoms with E-state index in [-0.39, 0.29) is 36.4 Å². The summed E-state index contributed by atoms with van der Waals surface area (Å²) in [6.07, 6.45) is -2.76. The number of fused-ring (bicyclic) bond motifs is 1. The second kappa shape index (κ2) is 8.85. The maximum absolute atomic E-state index is 12.7. The molecule has 1 amide bonds. The number of halogens is 3. The lowest BCUT2D eigenvalue weighted by molar-refractivity contribution is -0.274. The lowest BCUT2D eigenvalue weighted by Gasteiger charge is -2.36. The lowest BCUT2D eigenvalue weighted by atomic mass is 10.00. The van der Waals surface area contributed by atoms with Crippen molar-refractivity contribution >= 4 is 5.91 Å². The fraction of sp³-hybridized carbons (Fsp3) is 0.261. The molecule has 8 heteroatoms. The van der Waals surface area contributed by atoms with Crippen LogP contribution in [0, 0.1) is 0 Å². The Balaban J connectivity index is 1.45. The van der Waals surface area contributed by atoms with Crippen LogP contribution in [0.1, 0.15) is 22.9 Å². The van der Waals surface area contributed by atoms with Gasteiger partial charge < -0.3 is 14.6 Å². The zero-order valence-electron chi connectivity index (χ0n) is 16.7. The fourth-order valence-corrected chi connectivity index (χ4v) is 3.93. The summed E-state index contributed by atoms with van der Waals surface area (Å²) in [5.41, 5.74) is 2.45. The number of carbonyl (C=O) groups is 1. The molecule has 1 N–H and O–H groups in total. The first-order chi connectivity index (χ1) is 14.9. The van der Waals surface area contributed by atoms with Gasteiger partial charge in [0.1, 0.15) is 5.75 Å². The van der Waals surface area contributed by atoms with Gasteiger partial charge in [-0.2, -0.15) is 0 Å². The van der Waals surface area contributed by atoms with E-state index in [4.69, 9.17) is 0 Å². The minimum Gasteiger partial charge on any atom is -0.405 e. The largest absolute Gasteiger partial charge is 0.573 e. The minimum absolute atomic E-state index is 0.0503. The molecule has 1 aromatic heterocycles. The number of para-hydroxylation sites is 1. The van der Waals surface area contributed by atoms with Crippen molar-refractivity contribution in [3.63, 3.8) is 0 Å². The van der Waals surface area contributed by atoms with Crippen LogP contribution in [0.4, 0.5) is 13.2 Å². The van der Waals surface area contributed by atoms with E-state index in [1.165, 1.54) is 18.2 Å². The highest BCUT2D eigenvalue weighted by Crippen LogP contribution is 2.32. The van der Waals surface area contributed by atoms with Crippen LogP contribution in [0.25, 0.3) is 0 Å². The Kier molecular flexibility index (Phi) is 5.99. The van der Waals surface area contributed by atoms with Crippen molar-refractivity contribution < 1.29 is 22.7 Å². The van der Waals surface area contributed by atoms with Gasteiger partial charge in [0.2, 0.25) is 5.91 Å². The Hall–Kier alpha value is -3.26. The summed E-state index contributed by atoms with van der Waals surface area (Å²) in [5.74, 6) is -0.573. The van der Waals surface area contributed by atoms with E-state index >= 15 is 0 Å². The van der Waals surface area contributed by atoms with Crippen molar-refractivity contribution in [2.24, 2.45) is 0 Å². The van der Waals surface area contributed by atoms with Crippen molar-refractivity contribution in [1.29, 1.82) is 0 Å². The van der Waals surface area contributed by atoms with Crippen LogP contribution in [0.15, 0.2) is 72.9 Å². The molecule has 4 rings (SSSR count). The van der Waals surface area contributed by atoms with Gasteiger partial charge in [-0.1, -0.05) is 48.5 Å². The molecular weight excluding hydrogens is 407 g/mol. The number of benzene rings is 2. The van der Waals surface area contributed by atoms with Crippen molar-refractivity contribution in [1.82, 2.24) is 14.8 Å². The molecular formula is C23H22F3N3O2. The standard InChI is InChI=1S/C23H22F3N3O2/c24-23(25,26)31-20-11-5-4-9-18(20)15-27-21(30)16-29-14-13-28-12-6-10-19(28)22(29)17-7-2-1-3-8-17/h1-12,22H,13-16H2,(H,27,30). The van der Waals surface area contributed by atoms with E-state index in [0.29, 0.717) is 6.54 Å². The molecule has 2 aromatic carbocycles. The van der Waals surface area contributed by atoms with Gasteiger partial charge >= 0.3 is 6.36 Å². The number of hydrogen-bond donors (Lipinski definition) is 1. The number of carbonyl (C=O) groups excluding carboxylic acids is 1. The minimum atomic E-state index is -4.79. The number of ether oxygens (including phenoxy) is 1. The first-order valence-electron chi connectivity index (χ1n) is 9.95. The molecule has 0 bridgehead atoms. The summed E-state index contributed by atoms with van der Waals surface area (Å²) in [6.45, 7) is 1.53. The number of rotatable bonds is 6. The quantitative estimate of drug-likeness (QED) is 0.642. The summed E-state index contributed by atoms with van der Waals surface area (Å²) in [6, 6.07) is 19.7. The van der Waals surface area contributed by atoms with Gasteiger partial charge in [-0.3, -0.25) is 9.69 Å². The summed E-state index contributed by atoms with van der Waals surface area (Å²) >= 11 is 0. The van der Waals surface area contributed by atoms with Crippen LogP contribution < -0.4 is 10.1 Å². The Labute approximate surface area is 178 Å². The highest BCUT2D eigenvalue weighted by molar-refractivity contribution is 5.78. The van der Waals surface area contributed by atoms with E-state index < -0.39 is 6.36 Å². The molecule has 1 aliphatic heterocycles. The van der Waals surface area contributed by atoms with E-state index in [1.807, 2.05) is 48.7 Å². The maximum atomic E-state index is 12.7. The van der Waals surface area contributed by atoms with Crippen LogP contribution in [0.3, 0.4) is 0 Å². The molecule has 0 fully saturated rings. The molecule has 31 heavy (non-hydrogen) atoms. The van der Waals surface area contributed by atoms with Crippen LogP contribution in [0.5, 0.6) is 5.75 Å². The number of nitrogens with zero attached hydrogens (tertiary/aromatic N) is 2. The van der Waals surface area contributed by atoms with Crippen LogP contribution >= 0.6 is 0 Å². The molecule has 3 aromatic rings.